The standard InChI is InChI=1S/C20H28FN5O2S.C6H6/c1-14-3-4-15(2)29(27,28)26(14)12-17-5-6-18(11-19(17)21)25-9-7-16(8-10-25)20-22-13-23-24-20;1-2-4-6-5-3-1/h5-6,11,13-16H,3-4,7-10,12H2,1-2H3,(H,22,23,24);1-6H/t14-,15?;/m0./s1. The molecule has 1 unspecified atom stereocenters. The number of rotatable bonds is 4. The maximum Gasteiger partial charge on any atom is 0.217 e. The molecule has 2 fully saturated rings. The Bertz CT molecular complexity index is 1140. The number of aromatic nitrogens is 3. The zero-order valence-corrected chi connectivity index (χ0v) is 21.2. The molecular formula is C26H34FN5O2S. The lowest BCUT2D eigenvalue weighted by atomic mass is 9.95. The Balaban J connectivity index is 0.000000421. The van der Waals surface area contributed by atoms with Crippen molar-refractivity contribution in [2.45, 2.75) is 63.3 Å². The third kappa shape index (κ3) is 6.08. The van der Waals surface area contributed by atoms with Gasteiger partial charge in [0.15, 0.2) is 0 Å². The number of nitrogens with zero attached hydrogens (tertiary/aromatic N) is 4. The van der Waals surface area contributed by atoms with Crippen LogP contribution < -0.4 is 4.90 Å². The summed E-state index contributed by atoms with van der Waals surface area (Å²) in [6.07, 6.45) is 4.85. The number of hydrogen-bond donors (Lipinski definition) is 1. The van der Waals surface area contributed by atoms with Gasteiger partial charge in [0.1, 0.15) is 18.0 Å². The highest BCUT2D eigenvalue weighted by Crippen LogP contribution is 2.31. The van der Waals surface area contributed by atoms with E-state index in [1.807, 2.05) is 49.4 Å². The summed E-state index contributed by atoms with van der Waals surface area (Å²) in [6.45, 7) is 5.36. The van der Waals surface area contributed by atoms with Gasteiger partial charge in [-0.2, -0.15) is 9.40 Å². The summed E-state index contributed by atoms with van der Waals surface area (Å²) >= 11 is 0. The molecule has 188 valence electrons. The zero-order valence-electron chi connectivity index (χ0n) is 20.3. The number of piperidine rings is 1. The maximum absolute atomic E-state index is 14.9. The van der Waals surface area contributed by atoms with E-state index in [-0.39, 0.29) is 18.4 Å². The van der Waals surface area contributed by atoms with Gasteiger partial charge in [-0.05, 0) is 51.7 Å². The minimum Gasteiger partial charge on any atom is -0.371 e. The summed E-state index contributed by atoms with van der Waals surface area (Å²) in [7, 11) is -3.38. The van der Waals surface area contributed by atoms with Crippen molar-refractivity contribution in [3.63, 3.8) is 0 Å². The minimum absolute atomic E-state index is 0.0908. The van der Waals surface area contributed by atoms with Crippen LogP contribution in [0.4, 0.5) is 10.1 Å². The van der Waals surface area contributed by atoms with Gasteiger partial charge in [-0.1, -0.05) is 42.5 Å². The maximum atomic E-state index is 14.9. The molecule has 0 spiro atoms. The molecular weight excluding hydrogens is 465 g/mol. The fourth-order valence-electron chi connectivity index (χ4n) is 4.73. The van der Waals surface area contributed by atoms with Crippen molar-refractivity contribution in [1.82, 2.24) is 19.5 Å². The van der Waals surface area contributed by atoms with Gasteiger partial charge in [0, 0.05) is 42.8 Å². The SMILES string of the molecule is CC1CC[C@H](C)N(Cc2ccc(N3CCC(c4ncn[nH]4)CC3)cc2F)S1(=O)=O.c1ccccc1. The Labute approximate surface area is 207 Å². The fourth-order valence-corrected chi connectivity index (χ4v) is 6.56. The van der Waals surface area contributed by atoms with Crippen LogP contribution in [-0.2, 0) is 16.6 Å². The van der Waals surface area contributed by atoms with Crippen LogP contribution in [0.15, 0.2) is 60.9 Å². The molecule has 0 amide bonds. The topological polar surface area (TPSA) is 82.2 Å². The van der Waals surface area contributed by atoms with Gasteiger partial charge >= 0.3 is 0 Å². The van der Waals surface area contributed by atoms with Crippen molar-refractivity contribution < 1.29 is 12.8 Å². The Morgan fingerprint density at radius 3 is 2.23 bits per heavy atom. The van der Waals surface area contributed by atoms with E-state index in [0.29, 0.717) is 17.9 Å². The molecule has 2 aromatic carbocycles. The van der Waals surface area contributed by atoms with E-state index in [2.05, 4.69) is 20.1 Å². The Morgan fingerprint density at radius 2 is 1.66 bits per heavy atom. The fraction of sp³-hybridized carbons (Fsp3) is 0.462. The molecule has 35 heavy (non-hydrogen) atoms. The molecule has 3 aromatic rings. The molecule has 3 heterocycles. The van der Waals surface area contributed by atoms with Crippen molar-refractivity contribution >= 4 is 15.7 Å². The van der Waals surface area contributed by atoms with Crippen LogP contribution in [0.25, 0.3) is 0 Å². The van der Waals surface area contributed by atoms with Gasteiger partial charge in [-0.15, -0.1) is 0 Å². The lowest BCUT2D eigenvalue weighted by molar-refractivity contribution is 0.281. The van der Waals surface area contributed by atoms with E-state index in [1.54, 1.807) is 13.0 Å². The van der Waals surface area contributed by atoms with E-state index >= 15 is 0 Å². The average molecular weight is 500 g/mol. The number of sulfonamides is 1. The Hall–Kier alpha value is -2.78. The van der Waals surface area contributed by atoms with Crippen molar-refractivity contribution in [3.8, 4) is 0 Å². The summed E-state index contributed by atoms with van der Waals surface area (Å²) in [5.41, 5.74) is 1.26. The normalized spacial score (nSPS) is 22.9. The molecule has 9 heteroatoms. The number of H-pyrrole nitrogens is 1. The summed E-state index contributed by atoms with van der Waals surface area (Å²) < 4.78 is 41.7. The second-order valence-electron chi connectivity index (χ2n) is 9.39. The largest absolute Gasteiger partial charge is 0.371 e. The van der Waals surface area contributed by atoms with Gasteiger partial charge in [-0.3, -0.25) is 5.10 Å². The highest BCUT2D eigenvalue weighted by atomic mass is 32.2. The predicted molar refractivity (Wildman–Crippen MR) is 136 cm³/mol. The predicted octanol–water partition coefficient (Wildman–Crippen LogP) is 4.72. The molecule has 2 atom stereocenters. The number of aromatic amines is 1. The summed E-state index contributed by atoms with van der Waals surface area (Å²) in [5, 5.41) is 6.44. The average Bonchev–Trinajstić information content (AvgIpc) is 3.42. The van der Waals surface area contributed by atoms with Crippen LogP contribution >= 0.6 is 0 Å². The second kappa shape index (κ2) is 11.3. The molecule has 7 nitrogen and oxygen atoms in total. The molecule has 0 radical (unpaired) electrons. The minimum atomic E-state index is -3.38. The molecule has 2 saturated heterocycles. The van der Waals surface area contributed by atoms with Crippen molar-refractivity contribution in [1.29, 1.82) is 0 Å². The van der Waals surface area contributed by atoms with Gasteiger partial charge in [0.05, 0.1) is 5.25 Å². The first-order valence-electron chi connectivity index (χ1n) is 12.3. The molecule has 5 rings (SSSR count). The van der Waals surface area contributed by atoms with Crippen molar-refractivity contribution in [2.75, 3.05) is 18.0 Å². The second-order valence-corrected chi connectivity index (χ2v) is 11.7. The van der Waals surface area contributed by atoms with Crippen LogP contribution in [0, 0.1) is 5.82 Å². The number of hydrogen-bond acceptors (Lipinski definition) is 5. The first-order valence-corrected chi connectivity index (χ1v) is 13.8. The molecule has 1 N–H and O–H groups in total. The molecule has 0 saturated carbocycles. The lowest BCUT2D eigenvalue weighted by Crippen LogP contribution is -2.47. The summed E-state index contributed by atoms with van der Waals surface area (Å²) in [5.74, 6) is 0.920. The lowest BCUT2D eigenvalue weighted by Gasteiger charge is -2.36. The first kappa shape index (κ1) is 25.3. The van der Waals surface area contributed by atoms with Crippen LogP contribution in [-0.4, -0.2) is 52.3 Å². The van der Waals surface area contributed by atoms with Crippen LogP contribution in [0.2, 0.25) is 0 Å². The Kier molecular flexibility index (Phi) is 8.18. The van der Waals surface area contributed by atoms with Crippen molar-refractivity contribution in [2.24, 2.45) is 0 Å². The third-order valence-corrected chi connectivity index (χ3v) is 9.42. The number of halogens is 1. The van der Waals surface area contributed by atoms with E-state index < -0.39 is 15.3 Å². The Morgan fingerprint density at radius 1 is 1.00 bits per heavy atom. The van der Waals surface area contributed by atoms with Gasteiger partial charge < -0.3 is 4.90 Å². The van der Waals surface area contributed by atoms with Crippen LogP contribution in [0.5, 0.6) is 0 Å². The summed E-state index contributed by atoms with van der Waals surface area (Å²) in [4.78, 5) is 6.41. The third-order valence-electron chi connectivity index (χ3n) is 7.03. The number of anilines is 1. The highest BCUT2D eigenvalue weighted by Gasteiger charge is 2.37. The molecule has 1 aromatic heterocycles. The monoisotopic (exact) mass is 499 g/mol. The van der Waals surface area contributed by atoms with Crippen LogP contribution in [0.1, 0.15) is 56.8 Å². The first-order chi connectivity index (χ1) is 16.9. The van der Waals surface area contributed by atoms with E-state index in [0.717, 1.165) is 43.9 Å². The van der Waals surface area contributed by atoms with E-state index in [4.69, 9.17) is 0 Å². The van der Waals surface area contributed by atoms with E-state index in [9.17, 15) is 12.8 Å². The van der Waals surface area contributed by atoms with Crippen molar-refractivity contribution in [3.05, 3.63) is 78.1 Å². The van der Waals surface area contributed by atoms with Gasteiger partial charge in [0.2, 0.25) is 10.0 Å². The smallest absolute Gasteiger partial charge is 0.217 e. The summed E-state index contributed by atoms with van der Waals surface area (Å²) in [6, 6.07) is 17.1. The number of benzene rings is 2. The molecule has 0 aliphatic carbocycles. The molecule has 2 aliphatic rings. The van der Waals surface area contributed by atoms with Gasteiger partial charge in [-0.25, -0.2) is 17.8 Å². The molecule has 2 aliphatic heterocycles. The van der Waals surface area contributed by atoms with E-state index in [1.165, 1.54) is 16.7 Å². The van der Waals surface area contributed by atoms with Crippen LogP contribution in [0.3, 0.4) is 0 Å². The quantitative estimate of drug-likeness (QED) is 0.562. The number of nitrogens with one attached hydrogen (secondary N) is 1. The highest BCUT2D eigenvalue weighted by molar-refractivity contribution is 7.89. The van der Waals surface area contributed by atoms with Gasteiger partial charge in [0.25, 0.3) is 0 Å². The molecule has 0 bridgehead atoms. The zero-order chi connectivity index (χ0) is 24.8.